The van der Waals surface area contributed by atoms with E-state index in [0.717, 1.165) is 29.2 Å². The van der Waals surface area contributed by atoms with E-state index in [4.69, 9.17) is 24.2 Å². The van der Waals surface area contributed by atoms with Crippen molar-refractivity contribution >= 4 is 23.2 Å². The molecule has 3 aromatic rings. The van der Waals surface area contributed by atoms with Gasteiger partial charge in [-0.1, -0.05) is 18.2 Å². The number of rotatable bonds is 6. The van der Waals surface area contributed by atoms with Crippen LogP contribution in [0.2, 0.25) is 0 Å². The Balaban J connectivity index is 1.46. The molecule has 172 valence electrons. The Hall–Kier alpha value is -3.17. The van der Waals surface area contributed by atoms with E-state index in [1.165, 1.54) is 0 Å². The zero-order valence-electron chi connectivity index (χ0n) is 18.5. The number of ether oxygens (including phenoxy) is 3. The molecule has 8 nitrogen and oxygen atoms in total. The van der Waals surface area contributed by atoms with Gasteiger partial charge in [0.05, 0.1) is 44.5 Å². The number of methoxy groups -OCH3 is 1. The lowest BCUT2D eigenvalue weighted by atomic mass is 10.1. The largest absolute Gasteiger partial charge is 0.493 e. The molecule has 1 fully saturated rings. The van der Waals surface area contributed by atoms with Crippen LogP contribution < -0.4 is 14.4 Å². The number of morpholine rings is 1. The Morgan fingerprint density at radius 3 is 2.67 bits per heavy atom. The van der Waals surface area contributed by atoms with Crippen LogP contribution in [0.4, 0.5) is 5.95 Å². The third kappa shape index (κ3) is 4.79. The van der Waals surface area contributed by atoms with E-state index in [0.29, 0.717) is 62.5 Å². The summed E-state index contributed by atoms with van der Waals surface area (Å²) in [5.41, 5.74) is 1.78. The Morgan fingerprint density at radius 1 is 1.09 bits per heavy atom. The molecule has 0 unspecified atom stereocenters. The summed E-state index contributed by atoms with van der Waals surface area (Å²) in [5, 5.41) is 1.99. The number of amides is 1. The summed E-state index contributed by atoms with van der Waals surface area (Å²) in [6, 6.07) is 11.5. The van der Waals surface area contributed by atoms with E-state index >= 15 is 0 Å². The highest BCUT2D eigenvalue weighted by atomic mass is 32.1. The first-order valence-corrected chi connectivity index (χ1v) is 11.9. The smallest absolute Gasteiger partial charge is 0.229 e. The first-order chi connectivity index (χ1) is 16.2. The molecule has 1 saturated heterocycles. The van der Waals surface area contributed by atoms with Crippen molar-refractivity contribution in [1.82, 2.24) is 14.9 Å². The monoisotopic (exact) mass is 466 g/mol. The van der Waals surface area contributed by atoms with Crippen LogP contribution in [0.15, 0.2) is 41.8 Å². The number of para-hydroxylation sites is 2. The summed E-state index contributed by atoms with van der Waals surface area (Å²) in [4.78, 5) is 27.7. The molecule has 0 atom stereocenters. The van der Waals surface area contributed by atoms with Gasteiger partial charge in [-0.25, -0.2) is 4.98 Å². The van der Waals surface area contributed by atoms with Gasteiger partial charge in [0, 0.05) is 30.9 Å². The molecule has 0 bridgehead atoms. The molecule has 33 heavy (non-hydrogen) atoms. The average molecular weight is 467 g/mol. The van der Waals surface area contributed by atoms with Crippen LogP contribution in [0.3, 0.4) is 0 Å². The SMILES string of the molecule is COc1ccccc1Oc1nc(N2CCOCC2)nc2c1CN(C(=O)Cc1cccs1)CC2. The number of anilines is 1. The summed E-state index contributed by atoms with van der Waals surface area (Å²) in [6.45, 7) is 3.82. The number of aromatic nitrogens is 2. The molecule has 0 N–H and O–H groups in total. The molecule has 2 aliphatic heterocycles. The topological polar surface area (TPSA) is 77.0 Å². The fourth-order valence-corrected chi connectivity index (χ4v) is 4.75. The van der Waals surface area contributed by atoms with Crippen molar-refractivity contribution in [3.8, 4) is 17.4 Å². The molecule has 2 aliphatic rings. The third-order valence-corrected chi connectivity index (χ3v) is 6.71. The number of nitrogens with zero attached hydrogens (tertiary/aromatic N) is 4. The van der Waals surface area contributed by atoms with Crippen LogP contribution in [-0.4, -0.2) is 60.7 Å². The predicted octanol–water partition coefficient (Wildman–Crippen LogP) is 3.30. The second-order valence-corrected chi connectivity index (χ2v) is 8.96. The lowest BCUT2D eigenvalue weighted by molar-refractivity contribution is -0.131. The van der Waals surface area contributed by atoms with Crippen molar-refractivity contribution in [3.63, 3.8) is 0 Å². The number of thiophene rings is 1. The van der Waals surface area contributed by atoms with Gasteiger partial charge in [0.15, 0.2) is 11.5 Å². The van der Waals surface area contributed by atoms with E-state index in [2.05, 4.69) is 4.90 Å². The standard InChI is InChI=1S/C24H26N4O4S/c1-30-20-6-2-3-7-21(20)32-23-18-16-28(22(29)15-17-5-4-14-33-17)9-8-19(18)25-24(26-23)27-10-12-31-13-11-27/h2-7,14H,8-13,15-16H2,1H3. The quantitative estimate of drug-likeness (QED) is 0.552. The lowest BCUT2D eigenvalue weighted by Crippen LogP contribution is -2.40. The second-order valence-electron chi connectivity index (χ2n) is 7.93. The van der Waals surface area contributed by atoms with Gasteiger partial charge in [0.1, 0.15) is 0 Å². The molecule has 9 heteroatoms. The zero-order valence-corrected chi connectivity index (χ0v) is 19.3. The van der Waals surface area contributed by atoms with Crippen molar-refractivity contribution < 1.29 is 19.0 Å². The minimum atomic E-state index is 0.101. The van der Waals surface area contributed by atoms with Gasteiger partial charge in [-0.15, -0.1) is 11.3 Å². The molecule has 0 aliphatic carbocycles. The maximum absolute atomic E-state index is 13.0. The van der Waals surface area contributed by atoms with Crippen molar-refractivity contribution in [2.45, 2.75) is 19.4 Å². The predicted molar refractivity (Wildman–Crippen MR) is 125 cm³/mol. The Kier molecular flexibility index (Phi) is 6.41. The number of carbonyl (C=O) groups is 1. The molecule has 0 radical (unpaired) electrons. The van der Waals surface area contributed by atoms with Gasteiger partial charge < -0.3 is 24.0 Å². The fourth-order valence-electron chi connectivity index (χ4n) is 4.05. The van der Waals surface area contributed by atoms with E-state index in [1.54, 1.807) is 18.4 Å². The van der Waals surface area contributed by atoms with Gasteiger partial charge in [0.2, 0.25) is 17.7 Å². The number of fused-ring (bicyclic) bond motifs is 1. The number of benzene rings is 1. The number of hydrogen-bond acceptors (Lipinski definition) is 8. The lowest BCUT2D eigenvalue weighted by Gasteiger charge is -2.32. The van der Waals surface area contributed by atoms with Crippen LogP contribution in [-0.2, 0) is 28.9 Å². The Morgan fingerprint density at radius 2 is 1.91 bits per heavy atom. The van der Waals surface area contributed by atoms with Gasteiger partial charge in [-0.3, -0.25) is 4.79 Å². The van der Waals surface area contributed by atoms with E-state index in [9.17, 15) is 4.79 Å². The van der Waals surface area contributed by atoms with Crippen LogP contribution in [0, 0.1) is 0 Å². The van der Waals surface area contributed by atoms with Crippen molar-refractivity contribution in [1.29, 1.82) is 0 Å². The Bertz CT molecular complexity index is 1120. The van der Waals surface area contributed by atoms with E-state index in [1.807, 2.05) is 46.7 Å². The molecule has 0 saturated carbocycles. The second kappa shape index (κ2) is 9.76. The average Bonchev–Trinajstić information content (AvgIpc) is 3.37. The van der Waals surface area contributed by atoms with Crippen LogP contribution >= 0.6 is 11.3 Å². The molecule has 4 heterocycles. The van der Waals surface area contributed by atoms with Crippen LogP contribution in [0.1, 0.15) is 16.1 Å². The molecule has 0 spiro atoms. The summed E-state index contributed by atoms with van der Waals surface area (Å²) in [7, 11) is 1.61. The van der Waals surface area contributed by atoms with E-state index in [-0.39, 0.29) is 5.91 Å². The van der Waals surface area contributed by atoms with E-state index < -0.39 is 0 Å². The normalized spacial score (nSPS) is 15.8. The minimum Gasteiger partial charge on any atom is -0.493 e. The highest BCUT2D eigenvalue weighted by Gasteiger charge is 2.28. The van der Waals surface area contributed by atoms with Crippen LogP contribution in [0.25, 0.3) is 0 Å². The van der Waals surface area contributed by atoms with Gasteiger partial charge >= 0.3 is 0 Å². The zero-order chi connectivity index (χ0) is 22.6. The maximum Gasteiger partial charge on any atom is 0.229 e. The first-order valence-electron chi connectivity index (χ1n) is 11.0. The van der Waals surface area contributed by atoms with Gasteiger partial charge in [-0.2, -0.15) is 4.98 Å². The minimum absolute atomic E-state index is 0.101. The maximum atomic E-state index is 13.0. The van der Waals surface area contributed by atoms with Crippen molar-refractivity contribution in [2.75, 3.05) is 44.9 Å². The van der Waals surface area contributed by atoms with Crippen LogP contribution in [0.5, 0.6) is 17.4 Å². The van der Waals surface area contributed by atoms with Gasteiger partial charge in [-0.05, 0) is 23.6 Å². The summed E-state index contributed by atoms with van der Waals surface area (Å²) >= 11 is 1.60. The van der Waals surface area contributed by atoms with Crippen molar-refractivity contribution in [3.05, 3.63) is 57.9 Å². The van der Waals surface area contributed by atoms with Crippen molar-refractivity contribution in [2.24, 2.45) is 0 Å². The highest BCUT2D eigenvalue weighted by molar-refractivity contribution is 7.10. The molecule has 1 amide bonds. The number of carbonyl (C=O) groups excluding carboxylic acids is 1. The molecular weight excluding hydrogens is 440 g/mol. The summed E-state index contributed by atoms with van der Waals surface area (Å²) in [6.07, 6.45) is 1.07. The highest BCUT2D eigenvalue weighted by Crippen LogP contribution is 2.35. The third-order valence-electron chi connectivity index (χ3n) is 5.84. The Labute approximate surface area is 196 Å². The molecule has 2 aromatic heterocycles. The first kappa shape index (κ1) is 21.7. The summed E-state index contributed by atoms with van der Waals surface area (Å²) in [5.74, 6) is 2.42. The molecule has 1 aromatic carbocycles. The molecule has 5 rings (SSSR count). The summed E-state index contributed by atoms with van der Waals surface area (Å²) < 4.78 is 17.2. The molecular formula is C24H26N4O4S. The van der Waals surface area contributed by atoms with Gasteiger partial charge in [0.25, 0.3) is 0 Å². The number of hydrogen-bond donors (Lipinski definition) is 0. The fraction of sp³-hybridized carbons (Fsp3) is 0.375.